The molecule has 0 spiro atoms. The maximum atomic E-state index is 11.5. The van der Waals surface area contributed by atoms with E-state index in [-0.39, 0.29) is 0 Å². The number of hydrogen-bond acceptors (Lipinski definition) is 3. The van der Waals surface area contributed by atoms with Crippen molar-refractivity contribution in [3.8, 4) is 11.1 Å². The van der Waals surface area contributed by atoms with E-state index in [0.29, 0.717) is 12.1 Å². The van der Waals surface area contributed by atoms with Crippen LogP contribution in [0.2, 0.25) is 0 Å². The Morgan fingerprint density at radius 3 is 2.57 bits per heavy atom. The Balaban J connectivity index is 1.79. The van der Waals surface area contributed by atoms with Crippen LogP contribution in [0.15, 0.2) is 61.2 Å². The Labute approximate surface area is 178 Å². The van der Waals surface area contributed by atoms with Gasteiger partial charge in [0.25, 0.3) is 0 Å². The first-order valence-corrected chi connectivity index (χ1v) is 10.6. The maximum absolute atomic E-state index is 11.5. The molecule has 5 heteroatoms. The number of carbonyl (C=O) groups is 1. The summed E-state index contributed by atoms with van der Waals surface area (Å²) in [5.41, 5.74) is 3.03. The van der Waals surface area contributed by atoms with Crippen LogP contribution in [0.5, 0.6) is 0 Å². The molecule has 0 aliphatic heterocycles. The third kappa shape index (κ3) is 5.44. The number of carboxylic acids is 1. The zero-order valence-corrected chi connectivity index (χ0v) is 17.6. The highest BCUT2D eigenvalue weighted by molar-refractivity contribution is 5.95. The molecule has 0 radical (unpaired) electrons. The number of benzene rings is 2. The first-order valence-electron chi connectivity index (χ1n) is 10.6. The summed E-state index contributed by atoms with van der Waals surface area (Å²) in [6.07, 6.45) is 8.00. The number of carboxylic acid groups (broad SMARTS) is 1. The summed E-state index contributed by atoms with van der Waals surface area (Å²) in [5.74, 6) is 0.982. The molecule has 0 saturated carbocycles. The quantitative estimate of drug-likeness (QED) is 0.337. The lowest BCUT2D eigenvalue weighted by molar-refractivity contribution is 0.0697. The lowest BCUT2D eigenvalue weighted by Crippen LogP contribution is -2.07. The molecule has 3 aromatic rings. The van der Waals surface area contributed by atoms with Gasteiger partial charge >= 0.3 is 5.97 Å². The Hall–Kier alpha value is -3.21. The van der Waals surface area contributed by atoms with Crippen molar-refractivity contribution >= 4 is 5.97 Å². The standard InChI is InChI=1S/C25H29N3O2/c1-3-5-7-12-23-26-24(13-6-4-2)28(27-23)18-19-14-16-20(17-15-19)21-10-8-9-11-22(21)25(29)30/h4,8-11,14-17H,2-3,5-7,12-13,18H2,1H3,(H,29,30). The fraction of sp³-hybridized carbons (Fsp3) is 0.320. The van der Waals surface area contributed by atoms with E-state index in [0.717, 1.165) is 54.0 Å². The topological polar surface area (TPSA) is 68.0 Å². The molecule has 0 saturated heterocycles. The van der Waals surface area contributed by atoms with Gasteiger partial charge in [0.2, 0.25) is 0 Å². The Morgan fingerprint density at radius 1 is 1.10 bits per heavy atom. The highest BCUT2D eigenvalue weighted by Crippen LogP contribution is 2.24. The zero-order valence-electron chi connectivity index (χ0n) is 17.6. The van der Waals surface area contributed by atoms with Gasteiger partial charge in [0.1, 0.15) is 5.82 Å². The van der Waals surface area contributed by atoms with Gasteiger partial charge < -0.3 is 5.11 Å². The van der Waals surface area contributed by atoms with Gasteiger partial charge in [0.05, 0.1) is 12.1 Å². The van der Waals surface area contributed by atoms with Crippen LogP contribution in [-0.4, -0.2) is 25.8 Å². The fourth-order valence-corrected chi connectivity index (χ4v) is 3.49. The number of aryl methyl sites for hydroxylation is 2. The van der Waals surface area contributed by atoms with E-state index in [1.54, 1.807) is 12.1 Å². The summed E-state index contributed by atoms with van der Waals surface area (Å²) in [6.45, 7) is 6.66. The molecule has 0 fully saturated rings. The van der Waals surface area contributed by atoms with Crippen LogP contribution < -0.4 is 0 Å². The number of aromatic nitrogens is 3. The average molecular weight is 404 g/mol. The molecule has 156 valence electrons. The third-order valence-corrected chi connectivity index (χ3v) is 5.12. The van der Waals surface area contributed by atoms with E-state index in [4.69, 9.17) is 10.1 Å². The van der Waals surface area contributed by atoms with Crippen molar-refractivity contribution in [2.24, 2.45) is 0 Å². The first kappa shape index (κ1) is 21.5. The number of nitrogens with zero attached hydrogens (tertiary/aromatic N) is 3. The maximum Gasteiger partial charge on any atom is 0.336 e. The van der Waals surface area contributed by atoms with Gasteiger partial charge in [-0.3, -0.25) is 0 Å². The second-order valence-electron chi connectivity index (χ2n) is 7.43. The zero-order chi connectivity index (χ0) is 21.3. The van der Waals surface area contributed by atoms with Gasteiger partial charge in [0.15, 0.2) is 5.82 Å². The van der Waals surface area contributed by atoms with Crippen LogP contribution >= 0.6 is 0 Å². The predicted octanol–water partition coefficient (Wildman–Crippen LogP) is 5.54. The lowest BCUT2D eigenvalue weighted by Gasteiger charge is -2.09. The van der Waals surface area contributed by atoms with Crippen LogP contribution in [0.3, 0.4) is 0 Å². The minimum atomic E-state index is -0.917. The van der Waals surface area contributed by atoms with Gasteiger partial charge in [-0.2, -0.15) is 5.10 Å². The lowest BCUT2D eigenvalue weighted by atomic mass is 9.99. The van der Waals surface area contributed by atoms with Crippen molar-refractivity contribution < 1.29 is 9.90 Å². The summed E-state index contributed by atoms with van der Waals surface area (Å²) in [6, 6.07) is 15.1. The molecule has 1 heterocycles. The second kappa shape index (κ2) is 10.5. The van der Waals surface area contributed by atoms with Crippen molar-refractivity contribution in [3.05, 3.63) is 84.0 Å². The van der Waals surface area contributed by atoms with E-state index in [2.05, 4.69) is 13.5 Å². The van der Waals surface area contributed by atoms with Crippen molar-refractivity contribution in [1.82, 2.24) is 14.8 Å². The average Bonchev–Trinajstić information content (AvgIpc) is 3.14. The molecule has 1 N–H and O–H groups in total. The molecule has 0 bridgehead atoms. The van der Waals surface area contributed by atoms with Gasteiger partial charge in [-0.05, 0) is 35.6 Å². The molecule has 0 unspecified atom stereocenters. The van der Waals surface area contributed by atoms with Gasteiger partial charge in [0, 0.05) is 12.8 Å². The molecule has 0 aliphatic rings. The number of allylic oxidation sites excluding steroid dienone is 1. The Bertz CT molecular complexity index is 990. The molecule has 0 aliphatic carbocycles. The van der Waals surface area contributed by atoms with Gasteiger partial charge in [-0.1, -0.05) is 68.3 Å². The Morgan fingerprint density at radius 2 is 1.87 bits per heavy atom. The first-order chi connectivity index (χ1) is 14.6. The number of hydrogen-bond donors (Lipinski definition) is 1. The fourth-order valence-electron chi connectivity index (χ4n) is 3.49. The summed E-state index contributed by atoms with van der Waals surface area (Å²) < 4.78 is 1.99. The minimum Gasteiger partial charge on any atom is -0.478 e. The van der Waals surface area contributed by atoms with Crippen LogP contribution in [0.4, 0.5) is 0 Å². The largest absolute Gasteiger partial charge is 0.478 e. The van der Waals surface area contributed by atoms with Crippen LogP contribution in [0.25, 0.3) is 11.1 Å². The van der Waals surface area contributed by atoms with E-state index in [1.165, 1.54) is 12.8 Å². The van der Waals surface area contributed by atoms with Crippen molar-refractivity contribution in [3.63, 3.8) is 0 Å². The highest BCUT2D eigenvalue weighted by atomic mass is 16.4. The predicted molar refractivity (Wildman–Crippen MR) is 120 cm³/mol. The van der Waals surface area contributed by atoms with Gasteiger partial charge in [-0.25, -0.2) is 14.5 Å². The summed E-state index contributed by atoms with van der Waals surface area (Å²) in [4.78, 5) is 16.2. The normalized spacial score (nSPS) is 10.8. The molecule has 2 aromatic carbocycles. The van der Waals surface area contributed by atoms with Crippen molar-refractivity contribution in [1.29, 1.82) is 0 Å². The minimum absolute atomic E-state index is 0.310. The monoisotopic (exact) mass is 403 g/mol. The van der Waals surface area contributed by atoms with Gasteiger partial charge in [-0.15, -0.1) is 6.58 Å². The molecular weight excluding hydrogens is 374 g/mol. The van der Waals surface area contributed by atoms with E-state index in [1.807, 2.05) is 47.2 Å². The molecule has 0 amide bonds. The summed E-state index contributed by atoms with van der Waals surface area (Å²) >= 11 is 0. The smallest absolute Gasteiger partial charge is 0.336 e. The van der Waals surface area contributed by atoms with E-state index in [9.17, 15) is 9.90 Å². The second-order valence-corrected chi connectivity index (χ2v) is 7.43. The number of rotatable bonds is 11. The molecule has 0 atom stereocenters. The number of aromatic carboxylic acids is 1. The summed E-state index contributed by atoms with van der Waals surface area (Å²) in [5, 5.41) is 14.2. The van der Waals surface area contributed by atoms with Crippen LogP contribution in [0, 0.1) is 0 Å². The van der Waals surface area contributed by atoms with Crippen LogP contribution in [-0.2, 0) is 19.4 Å². The SMILES string of the molecule is C=CCCc1nc(CCCCC)nn1Cc1ccc(-c2ccccc2C(=O)O)cc1. The third-order valence-electron chi connectivity index (χ3n) is 5.12. The highest BCUT2D eigenvalue weighted by Gasteiger charge is 2.12. The molecule has 5 nitrogen and oxygen atoms in total. The molecule has 3 rings (SSSR count). The van der Waals surface area contributed by atoms with Crippen LogP contribution in [0.1, 0.15) is 60.2 Å². The van der Waals surface area contributed by atoms with Crippen molar-refractivity contribution in [2.75, 3.05) is 0 Å². The van der Waals surface area contributed by atoms with Crippen molar-refractivity contribution in [2.45, 2.75) is 52.0 Å². The molecule has 30 heavy (non-hydrogen) atoms. The Kier molecular flexibility index (Phi) is 7.55. The van der Waals surface area contributed by atoms with E-state index < -0.39 is 5.97 Å². The molecule has 1 aromatic heterocycles. The van der Waals surface area contributed by atoms with E-state index >= 15 is 0 Å². The molecular formula is C25H29N3O2. The summed E-state index contributed by atoms with van der Waals surface area (Å²) in [7, 11) is 0. The number of unbranched alkanes of at least 4 members (excludes halogenated alkanes) is 2.